The van der Waals surface area contributed by atoms with Crippen LogP contribution in [0.1, 0.15) is 17.4 Å². The van der Waals surface area contributed by atoms with Gasteiger partial charge in [0.1, 0.15) is 5.69 Å². The Balaban J connectivity index is 1.88. The number of aromatic nitrogens is 3. The molecule has 26 heavy (non-hydrogen) atoms. The molecular formula is C19H16N4O2S. The molecule has 0 aliphatic carbocycles. The summed E-state index contributed by atoms with van der Waals surface area (Å²) in [6.07, 6.45) is 0. The van der Waals surface area contributed by atoms with Crippen LogP contribution in [0.2, 0.25) is 0 Å². The van der Waals surface area contributed by atoms with Crippen molar-refractivity contribution in [2.24, 2.45) is 0 Å². The number of nitrogens with two attached hydrogens (primary N) is 1. The molecule has 7 heteroatoms. The van der Waals surface area contributed by atoms with Gasteiger partial charge in [-0.25, -0.2) is 14.5 Å². The molecule has 6 nitrogen and oxygen atoms in total. The zero-order valence-corrected chi connectivity index (χ0v) is 14.9. The standard InChI is InChI=1S/C19H16N4O2S/c1-2-25-18(24)15-11-26-19(21-15)23-16-10-13(20)8-9-14(16)17(22-23)12-6-4-3-5-7-12/h3-11H,2,20H2,1H3. The van der Waals surface area contributed by atoms with Gasteiger partial charge in [0, 0.05) is 22.0 Å². The van der Waals surface area contributed by atoms with E-state index in [1.807, 2.05) is 48.5 Å². The van der Waals surface area contributed by atoms with Gasteiger partial charge in [0.05, 0.1) is 12.1 Å². The molecular weight excluding hydrogens is 348 g/mol. The summed E-state index contributed by atoms with van der Waals surface area (Å²) in [7, 11) is 0. The molecule has 0 aliphatic rings. The minimum atomic E-state index is -0.436. The van der Waals surface area contributed by atoms with Crippen LogP contribution in [0.5, 0.6) is 0 Å². The lowest BCUT2D eigenvalue weighted by atomic mass is 10.1. The first-order valence-corrected chi connectivity index (χ1v) is 9.02. The highest BCUT2D eigenvalue weighted by Crippen LogP contribution is 2.31. The van der Waals surface area contributed by atoms with Crippen LogP contribution >= 0.6 is 11.3 Å². The molecule has 0 aliphatic heterocycles. The zero-order chi connectivity index (χ0) is 18.1. The van der Waals surface area contributed by atoms with Crippen molar-refractivity contribution in [1.29, 1.82) is 0 Å². The lowest BCUT2D eigenvalue weighted by Crippen LogP contribution is -2.05. The summed E-state index contributed by atoms with van der Waals surface area (Å²) in [5.74, 6) is -0.436. The highest BCUT2D eigenvalue weighted by atomic mass is 32.1. The Morgan fingerprint density at radius 2 is 2.04 bits per heavy atom. The Hall–Kier alpha value is -3.19. The molecule has 2 aromatic carbocycles. The quantitative estimate of drug-likeness (QED) is 0.438. The van der Waals surface area contributed by atoms with E-state index in [0.29, 0.717) is 17.4 Å². The molecule has 0 radical (unpaired) electrons. The van der Waals surface area contributed by atoms with Crippen molar-refractivity contribution >= 4 is 33.9 Å². The number of carbonyl (C=O) groups excluding carboxylic acids is 1. The number of hydrogen-bond donors (Lipinski definition) is 1. The number of carbonyl (C=O) groups is 1. The van der Waals surface area contributed by atoms with Crippen molar-refractivity contribution in [3.05, 3.63) is 59.6 Å². The van der Waals surface area contributed by atoms with Crippen LogP contribution in [-0.4, -0.2) is 27.3 Å². The molecule has 0 spiro atoms. The third kappa shape index (κ3) is 2.82. The average Bonchev–Trinajstić information content (AvgIpc) is 3.27. The average molecular weight is 364 g/mol. The normalized spacial score (nSPS) is 11.0. The van der Waals surface area contributed by atoms with Crippen molar-refractivity contribution in [3.8, 4) is 16.4 Å². The predicted octanol–water partition coefficient (Wildman–Crippen LogP) is 3.91. The summed E-state index contributed by atoms with van der Waals surface area (Å²) in [6, 6.07) is 15.6. The maximum atomic E-state index is 11.9. The first-order valence-electron chi connectivity index (χ1n) is 8.14. The summed E-state index contributed by atoms with van der Waals surface area (Å²) in [6.45, 7) is 2.08. The van der Waals surface area contributed by atoms with Crippen LogP contribution in [-0.2, 0) is 4.74 Å². The Labute approximate surface area is 153 Å². The van der Waals surface area contributed by atoms with Crippen molar-refractivity contribution < 1.29 is 9.53 Å². The fourth-order valence-electron chi connectivity index (χ4n) is 2.75. The summed E-state index contributed by atoms with van der Waals surface area (Å²) >= 11 is 1.33. The fraction of sp³-hybridized carbons (Fsp3) is 0.105. The highest BCUT2D eigenvalue weighted by Gasteiger charge is 2.18. The summed E-state index contributed by atoms with van der Waals surface area (Å²) in [5.41, 5.74) is 9.58. The van der Waals surface area contributed by atoms with E-state index in [-0.39, 0.29) is 5.69 Å². The molecule has 4 rings (SSSR count). The van der Waals surface area contributed by atoms with Gasteiger partial charge < -0.3 is 10.5 Å². The molecule has 0 unspecified atom stereocenters. The Kier molecular flexibility index (Phi) is 4.14. The van der Waals surface area contributed by atoms with Crippen LogP contribution < -0.4 is 5.73 Å². The maximum Gasteiger partial charge on any atom is 0.357 e. The molecule has 0 atom stereocenters. The predicted molar refractivity (Wildman–Crippen MR) is 103 cm³/mol. The third-order valence-electron chi connectivity index (χ3n) is 3.91. The molecule has 4 aromatic rings. The van der Waals surface area contributed by atoms with E-state index in [0.717, 1.165) is 22.2 Å². The second kappa shape index (κ2) is 6.61. The SMILES string of the molecule is CCOC(=O)c1csc(-n2nc(-c3ccccc3)c3ccc(N)cc32)n1. The zero-order valence-electron chi connectivity index (χ0n) is 14.0. The summed E-state index contributed by atoms with van der Waals surface area (Å²) in [4.78, 5) is 16.3. The number of esters is 1. The van der Waals surface area contributed by atoms with Crippen LogP contribution in [0.15, 0.2) is 53.9 Å². The number of rotatable bonds is 4. The number of anilines is 1. The van der Waals surface area contributed by atoms with E-state index >= 15 is 0 Å². The molecule has 0 saturated carbocycles. The Morgan fingerprint density at radius 3 is 2.81 bits per heavy atom. The van der Waals surface area contributed by atoms with E-state index in [9.17, 15) is 4.79 Å². The lowest BCUT2D eigenvalue weighted by Gasteiger charge is -1.99. The van der Waals surface area contributed by atoms with Crippen molar-refractivity contribution in [3.63, 3.8) is 0 Å². The smallest absolute Gasteiger partial charge is 0.357 e. The number of benzene rings is 2. The highest BCUT2D eigenvalue weighted by molar-refractivity contribution is 7.12. The monoisotopic (exact) mass is 364 g/mol. The number of thiazole rings is 1. The maximum absolute atomic E-state index is 11.9. The minimum absolute atomic E-state index is 0.278. The minimum Gasteiger partial charge on any atom is -0.461 e. The molecule has 2 aromatic heterocycles. The topological polar surface area (TPSA) is 83.0 Å². The van der Waals surface area contributed by atoms with Gasteiger partial charge >= 0.3 is 5.97 Å². The molecule has 2 N–H and O–H groups in total. The second-order valence-corrected chi connectivity index (χ2v) is 6.48. The van der Waals surface area contributed by atoms with Gasteiger partial charge in [0.2, 0.25) is 5.13 Å². The first kappa shape index (κ1) is 16.3. The van der Waals surface area contributed by atoms with Crippen LogP contribution in [0.4, 0.5) is 5.69 Å². The number of ether oxygens (including phenoxy) is 1. The van der Waals surface area contributed by atoms with Gasteiger partial charge in [-0.1, -0.05) is 30.3 Å². The number of nitrogen functional groups attached to an aromatic ring is 1. The van der Waals surface area contributed by atoms with Gasteiger partial charge in [0.15, 0.2) is 5.69 Å². The van der Waals surface area contributed by atoms with Gasteiger partial charge in [-0.3, -0.25) is 0 Å². The second-order valence-electron chi connectivity index (χ2n) is 5.64. The first-order chi connectivity index (χ1) is 12.7. The molecule has 0 bridgehead atoms. The number of hydrogen-bond acceptors (Lipinski definition) is 6. The van der Waals surface area contributed by atoms with E-state index in [4.69, 9.17) is 15.6 Å². The molecule has 0 fully saturated rings. The van der Waals surface area contributed by atoms with E-state index < -0.39 is 5.97 Å². The summed E-state index contributed by atoms with van der Waals surface area (Å²) < 4.78 is 6.74. The van der Waals surface area contributed by atoms with Crippen molar-refractivity contribution in [2.45, 2.75) is 6.92 Å². The Morgan fingerprint density at radius 1 is 1.23 bits per heavy atom. The molecule has 0 saturated heterocycles. The molecule has 130 valence electrons. The van der Waals surface area contributed by atoms with Gasteiger partial charge in [0.25, 0.3) is 0 Å². The van der Waals surface area contributed by atoms with Crippen LogP contribution in [0, 0.1) is 0 Å². The third-order valence-corrected chi connectivity index (χ3v) is 4.73. The van der Waals surface area contributed by atoms with Crippen molar-refractivity contribution in [1.82, 2.24) is 14.8 Å². The number of nitrogens with zero attached hydrogens (tertiary/aromatic N) is 3. The van der Waals surface area contributed by atoms with Gasteiger partial charge in [-0.05, 0) is 25.1 Å². The van der Waals surface area contributed by atoms with Gasteiger partial charge in [-0.2, -0.15) is 5.10 Å². The molecule has 0 amide bonds. The summed E-state index contributed by atoms with van der Waals surface area (Å²) in [5, 5.41) is 7.98. The van der Waals surface area contributed by atoms with Crippen LogP contribution in [0.25, 0.3) is 27.3 Å². The largest absolute Gasteiger partial charge is 0.461 e. The van der Waals surface area contributed by atoms with E-state index in [2.05, 4.69) is 4.98 Å². The Bertz CT molecular complexity index is 1090. The lowest BCUT2D eigenvalue weighted by molar-refractivity contribution is 0.0520. The fourth-order valence-corrected chi connectivity index (χ4v) is 3.50. The molecule has 2 heterocycles. The van der Waals surface area contributed by atoms with E-state index in [1.54, 1.807) is 17.0 Å². The number of fused-ring (bicyclic) bond motifs is 1. The van der Waals surface area contributed by atoms with Gasteiger partial charge in [-0.15, -0.1) is 11.3 Å². The van der Waals surface area contributed by atoms with E-state index in [1.165, 1.54) is 11.3 Å². The van der Waals surface area contributed by atoms with Crippen molar-refractivity contribution in [2.75, 3.05) is 12.3 Å². The van der Waals surface area contributed by atoms with Crippen LogP contribution in [0.3, 0.4) is 0 Å².